The number of hydrogen-bond donors (Lipinski definition) is 0. The number of rotatable bonds is 2. The van der Waals surface area contributed by atoms with Crippen LogP contribution < -0.4 is 0 Å². The molecule has 0 N–H and O–H groups in total. The number of carbonyl (C=O) groups is 1. The van der Waals surface area contributed by atoms with Crippen molar-refractivity contribution in [3.63, 3.8) is 0 Å². The summed E-state index contributed by atoms with van der Waals surface area (Å²) in [6.45, 7) is 2.83. The third-order valence-electron chi connectivity index (χ3n) is 2.30. The minimum Gasteiger partial charge on any atom is -0.325 e. The van der Waals surface area contributed by atoms with Gasteiger partial charge in [0.05, 0.1) is 0 Å². The molecule has 1 amide bonds. The third-order valence-corrected chi connectivity index (χ3v) is 4.62. The van der Waals surface area contributed by atoms with Gasteiger partial charge in [-0.1, -0.05) is 13.0 Å². The van der Waals surface area contributed by atoms with Crippen LogP contribution in [-0.2, 0) is 4.79 Å². The second-order valence-corrected chi connectivity index (χ2v) is 5.35. The summed E-state index contributed by atoms with van der Waals surface area (Å²) in [6.07, 6.45) is 0.614. The summed E-state index contributed by atoms with van der Waals surface area (Å²) in [5.74, 6) is 1.34. The Hall–Kier alpha value is -0.480. The van der Waals surface area contributed by atoms with Crippen molar-refractivity contribution in [3.05, 3.63) is 22.4 Å². The van der Waals surface area contributed by atoms with Gasteiger partial charge in [0.1, 0.15) is 5.37 Å². The number of thioether (sulfide) groups is 1. The molecule has 2 nitrogen and oxygen atoms in total. The lowest BCUT2D eigenvalue weighted by Gasteiger charge is -2.22. The van der Waals surface area contributed by atoms with Crippen LogP contribution in [0.5, 0.6) is 0 Å². The fourth-order valence-electron chi connectivity index (χ4n) is 1.60. The van der Waals surface area contributed by atoms with Crippen molar-refractivity contribution in [2.75, 3.05) is 12.3 Å². The van der Waals surface area contributed by atoms with E-state index < -0.39 is 0 Å². The summed E-state index contributed by atoms with van der Waals surface area (Å²) >= 11 is 3.60. The van der Waals surface area contributed by atoms with Gasteiger partial charge in [0, 0.05) is 23.6 Å². The van der Waals surface area contributed by atoms with E-state index in [-0.39, 0.29) is 11.3 Å². The highest BCUT2D eigenvalue weighted by Crippen LogP contribution is 2.39. The Kier molecular flexibility index (Phi) is 3.13. The van der Waals surface area contributed by atoms with Crippen molar-refractivity contribution in [1.82, 2.24) is 4.90 Å². The van der Waals surface area contributed by atoms with Gasteiger partial charge in [0.2, 0.25) is 5.91 Å². The quantitative estimate of drug-likeness (QED) is 0.774. The predicted molar refractivity (Wildman–Crippen MR) is 61.5 cm³/mol. The highest BCUT2D eigenvalue weighted by atomic mass is 32.2. The topological polar surface area (TPSA) is 20.3 Å². The van der Waals surface area contributed by atoms with E-state index >= 15 is 0 Å². The van der Waals surface area contributed by atoms with Crippen LogP contribution in [-0.4, -0.2) is 23.1 Å². The van der Waals surface area contributed by atoms with Gasteiger partial charge in [-0.25, -0.2) is 0 Å². The molecule has 1 aliphatic heterocycles. The lowest BCUT2D eigenvalue weighted by Crippen LogP contribution is -2.29. The van der Waals surface area contributed by atoms with Gasteiger partial charge in [-0.2, -0.15) is 0 Å². The molecule has 14 heavy (non-hydrogen) atoms. The normalized spacial score (nSPS) is 21.5. The SMILES string of the molecule is CCC(=O)N1CCS[C@H]1c1cccs1. The van der Waals surface area contributed by atoms with E-state index in [0.717, 1.165) is 12.3 Å². The second-order valence-electron chi connectivity index (χ2n) is 3.18. The zero-order chi connectivity index (χ0) is 9.97. The van der Waals surface area contributed by atoms with Crippen molar-refractivity contribution < 1.29 is 4.79 Å². The average Bonchev–Trinajstić information content (AvgIpc) is 2.85. The maximum atomic E-state index is 11.6. The van der Waals surface area contributed by atoms with E-state index in [2.05, 4.69) is 11.4 Å². The Morgan fingerprint density at radius 3 is 3.21 bits per heavy atom. The number of amides is 1. The molecule has 0 saturated carbocycles. The number of hydrogen-bond acceptors (Lipinski definition) is 3. The fraction of sp³-hybridized carbons (Fsp3) is 0.500. The van der Waals surface area contributed by atoms with Crippen LogP contribution in [0.3, 0.4) is 0 Å². The molecule has 0 aliphatic carbocycles. The van der Waals surface area contributed by atoms with Gasteiger partial charge in [0.25, 0.3) is 0 Å². The highest BCUT2D eigenvalue weighted by molar-refractivity contribution is 7.99. The first kappa shape index (κ1) is 10.1. The van der Waals surface area contributed by atoms with E-state index in [9.17, 15) is 4.79 Å². The molecule has 76 valence electrons. The Balaban J connectivity index is 2.15. The van der Waals surface area contributed by atoms with Gasteiger partial charge in [-0.3, -0.25) is 4.79 Å². The van der Waals surface area contributed by atoms with Crippen LogP contribution in [0.25, 0.3) is 0 Å². The van der Waals surface area contributed by atoms with E-state index in [4.69, 9.17) is 0 Å². The van der Waals surface area contributed by atoms with Crippen LogP contribution in [0.4, 0.5) is 0 Å². The molecule has 0 aromatic carbocycles. The lowest BCUT2D eigenvalue weighted by atomic mass is 10.3. The van der Waals surface area contributed by atoms with E-state index in [1.165, 1.54) is 4.88 Å². The van der Waals surface area contributed by atoms with Gasteiger partial charge < -0.3 is 4.90 Å². The zero-order valence-electron chi connectivity index (χ0n) is 8.10. The van der Waals surface area contributed by atoms with Crippen LogP contribution in [0.1, 0.15) is 23.6 Å². The van der Waals surface area contributed by atoms with Crippen LogP contribution >= 0.6 is 23.1 Å². The molecule has 1 aromatic heterocycles. The molecule has 1 atom stereocenters. The maximum Gasteiger partial charge on any atom is 0.223 e. The van der Waals surface area contributed by atoms with Crippen molar-refractivity contribution >= 4 is 29.0 Å². The molecule has 0 bridgehead atoms. The zero-order valence-corrected chi connectivity index (χ0v) is 9.74. The van der Waals surface area contributed by atoms with E-state index in [1.807, 2.05) is 29.7 Å². The largest absolute Gasteiger partial charge is 0.325 e. The standard InChI is InChI=1S/C10H13NOS2/c1-2-9(12)11-5-7-14-10(11)8-4-3-6-13-8/h3-4,6,10H,2,5,7H2,1H3/t10-/m0/s1. The third kappa shape index (κ3) is 1.81. The molecular formula is C10H13NOS2. The summed E-state index contributed by atoms with van der Waals surface area (Å²) in [6, 6.07) is 4.16. The smallest absolute Gasteiger partial charge is 0.223 e. The lowest BCUT2D eigenvalue weighted by molar-refractivity contribution is -0.130. The van der Waals surface area contributed by atoms with Gasteiger partial charge in [0.15, 0.2) is 0 Å². The highest BCUT2D eigenvalue weighted by Gasteiger charge is 2.29. The first-order valence-corrected chi connectivity index (χ1v) is 6.70. The monoisotopic (exact) mass is 227 g/mol. The molecule has 1 aliphatic rings. The first-order chi connectivity index (χ1) is 6.83. The number of carbonyl (C=O) groups excluding carboxylic acids is 1. The van der Waals surface area contributed by atoms with Crippen LogP contribution in [0, 0.1) is 0 Å². The maximum absolute atomic E-state index is 11.6. The average molecular weight is 227 g/mol. The number of thiophene rings is 1. The Morgan fingerprint density at radius 1 is 1.71 bits per heavy atom. The molecule has 1 fully saturated rings. The van der Waals surface area contributed by atoms with Crippen molar-refractivity contribution in [2.45, 2.75) is 18.7 Å². The van der Waals surface area contributed by atoms with Crippen molar-refractivity contribution in [3.8, 4) is 0 Å². The van der Waals surface area contributed by atoms with Gasteiger partial charge in [-0.05, 0) is 11.4 Å². The molecule has 2 heterocycles. The minimum atomic E-state index is 0.272. The Labute approximate surface area is 92.3 Å². The molecule has 4 heteroatoms. The van der Waals surface area contributed by atoms with E-state index in [0.29, 0.717) is 6.42 Å². The first-order valence-electron chi connectivity index (χ1n) is 4.77. The van der Waals surface area contributed by atoms with E-state index in [1.54, 1.807) is 11.3 Å². The van der Waals surface area contributed by atoms with Crippen LogP contribution in [0.2, 0.25) is 0 Å². The molecule has 1 saturated heterocycles. The summed E-state index contributed by atoms with van der Waals surface area (Å²) in [5, 5.41) is 2.35. The molecule has 0 radical (unpaired) electrons. The Morgan fingerprint density at radius 2 is 2.57 bits per heavy atom. The van der Waals surface area contributed by atoms with Gasteiger partial charge >= 0.3 is 0 Å². The fourth-order valence-corrected chi connectivity index (χ4v) is 3.85. The number of nitrogens with zero attached hydrogens (tertiary/aromatic N) is 1. The van der Waals surface area contributed by atoms with Crippen molar-refractivity contribution in [1.29, 1.82) is 0 Å². The predicted octanol–water partition coefficient (Wildman–Crippen LogP) is 2.73. The van der Waals surface area contributed by atoms with Crippen molar-refractivity contribution in [2.24, 2.45) is 0 Å². The molecular weight excluding hydrogens is 214 g/mol. The summed E-state index contributed by atoms with van der Waals surface area (Å²) < 4.78 is 0. The summed E-state index contributed by atoms with van der Waals surface area (Å²) in [4.78, 5) is 14.9. The molecule has 2 rings (SSSR count). The second kappa shape index (κ2) is 4.36. The molecule has 0 spiro atoms. The Bertz CT molecular complexity index is 310. The summed E-state index contributed by atoms with van der Waals surface area (Å²) in [5.41, 5.74) is 0. The minimum absolute atomic E-state index is 0.272. The molecule has 1 aromatic rings. The molecule has 0 unspecified atom stereocenters. The van der Waals surface area contributed by atoms with Gasteiger partial charge in [-0.15, -0.1) is 23.1 Å². The summed E-state index contributed by atoms with van der Waals surface area (Å²) in [7, 11) is 0. The van der Waals surface area contributed by atoms with Crippen LogP contribution in [0.15, 0.2) is 17.5 Å².